The molecule has 0 fully saturated rings. The van der Waals surface area contributed by atoms with Crippen molar-refractivity contribution in [3.8, 4) is 5.69 Å². The maximum Gasteiger partial charge on any atom is 0.336 e. The predicted octanol–water partition coefficient (Wildman–Crippen LogP) is 3.17. The minimum absolute atomic E-state index is 0.216. The van der Waals surface area contributed by atoms with E-state index in [1.54, 1.807) is 22.9 Å². The first-order chi connectivity index (χ1) is 9.56. The molecular weight excluding hydrogens is 259 g/mol. The Hall–Kier alpha value is -2.69. The SMILES string of the molecule is Cc1cc(C(=O)O)c2cnn(-c3ccc(F)cc3)c2c1. The fourth-order valence-corrected chi connectivity index (χ4v) is 2.23. The third-order valence-electron chi connectivity index (χ3n) is 3.13. The second-order valence-electron chi connectivity index (χ2n) is 4.58. The van der Waals surface area contributed by atoms with E-state index in [9.17, 15) is 14.3 Å². The molecule has 1 heterocycles. The summed E-state index contributed by atoms with van der Waals surface area (Å²) in [6.07, 6.45) is 1.52. The van der Waals surface area contributed by atoms with Gasteiger partial charge in [0.2, 0.25) is 0 Å². The van der Waals surface area contributed by atoms with Crippen LogP contribution in [-0.2, 0) is 0 Å². The average Bonchev–Trinajstić information content (AvgIpc) is 2.82. The summed E-state index contributed by atoms with van der Waals surface area (Å²) in [4.78, 5) is 11.3. The molecule has 100 valence electrons. The molecule has 0 saturated heterocycles. The number of halogens is 1. The summed E-state index contributed by atoms with van der Waals surface area (Å²) in [5.74, 6) is -1.31. The van der Waals surface area contributed by atoms with Gasteiger partial charge in [-0.25, -0.2) is 13.9 Å². The number of aryl methyl sites for hydroxylation is 1. The lowest BCUT2D eigenvalue weighted by Gasteiger charge is -2.05. The summed E-state index contributed by atoms with van der Waals surface area (Å²) >= 11 is 0. The molecule has 0 atom stereocenters. The zero-order chi connectivity index (χ0) is 14.3. The molecule has 2 aromatic carbocycles. The molecule has 0 aliphatic carbocycles. The van der Waals surface area contributed by atoms with E-state index in [4.69, 9.17) is 0 Å². The monoisotopic (exact) mass is 270 g/mol. The molecule has 0 aliphatic rings. The van der Waals surface area contributed by atoms with Crippen molar-refractivity contribution in [3.05, 3.63) is 59.5 Å². The second kappa shape index (κ2) is 4.45. The van der Waals surface area contributed by atoms with Gasteiger partial charge in [-0.05, 0) is 48.9 Å². The van der Waals surface area contributed by atoms with Crippen molar-refractivity contribution in [2.24, 2.45) is 0 Å². The van der Waals surface area contributed by atoms with Gasteiger partial charge < -0.3 is 5.11 Å². The normalized spacial score (nSPS) is 10.9. The van der Waals surface area contributed by atoms with Gasteiger partial charge in [-0.3, -0.25) is 0 Å². The largest absolute Gasteiger partial charge is 0.478 e. The first-order valence-corrected chi connectivity index (χ1v) is 6.04. The summed E-state index contributed by atoms with van der Waals surface area (Å²) < 4.78 is 14.6. The van der Waals surface area contributed by atoms with Gasteiger partial charge in [0.1, 0.15) is 5.82 Å². The van der Waals surface area contributed by atoms with Crippen LogP contribution in [0.2, 0.25) is 0 Å². The molecule has 20 heavy (non-hydrogen) atoms. The Morgan fingerprint density at radius 1 is 1.25 bits per heavy atom. The fraction of sp³-hybridized carbons (Fsp3) is 0.0667. The van der Waals surface area contributed by atoms with E-state index in [2.05, 4.69) is 5.10 Å². The van der Waals surface area contributed by atoms with Crippen LogP contribution in [0.1, 0.15) is 15.9 Å². The Labute approximate surface area is 114 Å². The van der Waals surface area contributed by atoms with Gasteiger partial charge in [-0.15, -0.1) is 0 Å². The van der Waals surface area contributed by atoms with Gasteiger partial charge in [0.15, 0.2) is 0 Å². The quantitative estimate of drug-likeness (QED) is 0.778. The molecule has 0 unspecified atom stereocenters. The van der Waals surface area contributed by atoms with Crippen LogP contribution in [0.4, 0.5) is 4.39 Å². The van der Waals surface area contributed by atoms with E-state index in [0.717, 1.165) is 5.56 Å². The van der Waals surface area contributed by atoms with Crippen LogP contribution >= 0.6 is 0 Å². The van der Waals surface area contributed by atoms with Crippen molar-refractivity contribution >= 4 is 16.9 Å². The summed E-state index contributed by atoms with van der Waals surface area (Å²) in [6, 6.07) is 9.36. The van der Waals surface area contributed by atoms with Gasteiger partial charge in [0, 0.05) is 5.39 Å². The van der Waals surface area contributed by atoms with Crippen molar-refractivity contribution in [1.29, 1.82) is 0 Å². The maximum atomic E-state index is 13.0. The van der Waals surface area contributed by atoms with Gasteiger partial charge in [-0.2, -0.15) is 5.10 Å². The lowest BCUT2D eigenvalue weighted by Crippen LogP contribution is -2.00. The van der Waals surface area contributed by atoms with Crippen LogP contribution in [0, 0.1) is 12.7 Å². The number of hydrogen-bond acceptors (Lipinski definition) is 2. The van der Waals surface area contributed by atoms with E-state index in [1.165, 1.54) is 18.3 Å². The third kappa shape index (κ3) is 1.93. The highest BCUT2D eigenvalue weighted by atomic mass is 19.1. The fourth-order valence-electron chi connectivity index (χ4n) is 2.23. The predicted molar refractivity (Wildman–Crippen MR) is 72.7 cm³/mol. The van der Waals surface area contributed by atoms with Crippen LogP contribution in [0.15, 0.2) is 42.6 Å². The Balaban J connectivity index is 2.28. The van der Waals surface area contributed by atoms with Crippen LogP contribution in [0.3, 0.4) is 0 Å². The molecule has 0 spiro atoms. The minimum Gasteiger partial charge on any atom is -0.478 e. The van der Waals surface area contributed by atoms with Crippen molar-refractivity contribution in [3.63, 3.8) is 0 Å². The van der Waals surface area contributed by atoms with E-state index in [-0.39, 0.29) is 11.4 Å². The number of rotatable bonds is 2. The highest BCUT2D eigenvalue weighted by molar-refractivity contribution is 6.03. The number of hydrogen-bond donors (Lipinski definition) is 1. The smallest absolute Gasteiger partial charge is 0.336 e. The third-order valence-corrected chi connectivity index (χ3v) is 3.13. The molecule has 3 aromatic rings. The molecule has 3 rings (SSSR count). The van der Waals surface area contributed by atoms with Crippen LogP contribution in [0.5, 0.6) is 0 Å². The highest BCUT2D eigenvalue weighted by Crippen LogP contribution is 2.23. The number of fused-ring (bicyclic) bond motifs is 1. The van der Waals surface area contributed by atoms with E-state index < -0.39 is 5.97 Å². The summed E-state index contributed by atoms with van der Waals surface area (Å²) in [5.41, 5.74) is 2.42. The average molecular weight is 270 g/mol. The van der Waals surface area contributed by atoms with Gasteiger partial charge in [0.25, 0.3) is 0 Å². The molecule has 0 saturated carbocycles. The Kier molecular flexibility index (Phi) is 2.75. The van der Waals surface area contributed by atoms with E-state index in [0.29, 0.717) is 16.6 Å². The van der Waals surface area contributed by atoms with Crippen molar-refractivity contribution < 1.29 is 14.3 Å². The number of carboxylic acid groups (broad SMARTS) is 1. The minimum atomic E-state index is -0.989. The standard InChI is InChI=1S/C15H11FN2O2/c1-9-6-12(15(19)20)13-8-17-18(14(13)7-9)11-4-2-10(16)3-5-11/h2-8H,1H3,(H,19,20). The van der Waals surface area contributed by atoms with Gasteiger partial charge >= 0.3 is 5.97 Å². The Bertz CT molecular complexity index is 807. The van der Waals surface area contributed by atoms with Gasteiger partial charge in [-0.1, -0.05) is 0 Å². The molecule has 0 amide bonds. The van der Waals surface area contributed by atoms with Crippen LogP contribution < -0.4 is 0 Å². The van der Waals surface area contributed by atoms with Crippen LogP contribution in [0.25, 0.3) is 16.6 Å². The molecule has 1 aromatic heterocycles. The van der Waals surface area contributed by atoms with Crippen molar-refractivity contribution in [2.45, 2.75) is 6.92 Å². The number of nitrogens with zero attached hydrogens (tertiary/aromatic N) is 2. The number of aromatic nitrogens is 2. The van der Waals surface area contributed by atoms with Crippen molar-refractivity contribution in [1.82, 2.24) is 9.78 Å². The summed E-state index contributed by atoms with van der Waals surface area (Å²) in [5, 5.41) is 14.0. The lowest BCUT2D eigenvalue weighted by atomic mass is 10.1. The number of carbonyl (C=O) groups is 1. The molecule has 4 nitrogen and oxygen atoms in total. The molecule has 1 N–H and O–H groups in total. The van der Waals surface area contributed by atoms with E-state index in [1.807, 2.05) is 13.0 Å². The number of benzene rings is 2. The summed E-state index contributed by atoms with van der Waals surface area (Å²) in [6.45, 7) is 1.83. The topological polar surface area (TPSA) is 55.1 Å². The molecular formula is C15H11FN2O2. The number of aromatic carboxylic acids is 1. The summed E-state index contributed by atoms with van der Waals surface area (Å²) in [7, 11) is 0. The highest BCUT2D eigenvalue weighted by Gasteiger charge is 2.14. The molecule has 5 heteroatoms. The Morgan fingerprint density at radius 3 is 2.60 bits per heavy atom. The maximum absolute atomic E-state index is 13.0. The zero-order valence-corrected chi connectivity index (χ0v) is 10.7. The Morgan fingerprint density at radius 2 is 1.95 bits per heavy atom. The lowest BCUT2D eigenvalue weighted by molar-refractivity contribution is 0.0699. The first-order valence-electron chi connectivity index (χ1n) is 6.04. The van der Waals surface area contributed by atoms with E-state index >= 15 is 0 Å². The van der Waals surface area contributed by atoms with Gasteiger partial charge in [0.05, 0.1) is 23.0 Å². The van der Waals surface area contributed by atoms with Crippen LogP contribution in [-0.4, -0.2) is 20.9 Å². The second-order valence-corrected chi connectivity index (χ2v) is 4.58. The van der Waals surface area contributed by atoms with Crippen molar-refractivity contribution in [2.75, 3.05) is 0 Å². The first kappa shape index (κ1) is 12.3. The molecule has 0 aliphatic heterocycles. The molecule has 0 bridgehead atoms. The zero-order valence-electron chi connectivity index (χ0n) is 10.7. The number of carboxylic acids is 1. The molecule has 0 radical (unpaired) electrons.